The minimum absolute atomic E-state index is 0.149. The minimum atomic E-state index is -4.49. The second-order valence-corrected chi connectivity index (χ2v) is 9.37. The minimum Gasteiger partial charge on any atom is -0.475 e. The third kappa shape index (κ3) is 6.00. The van der Waals surface area contributed by atoms with Gasteiger partial charge >= 0.3 is 12.2 Å². The Hall–Kier alpha value is -3.70. The monoisotopic (exact) mass is 516 g/mol. The van der Waals surface area contributed by atoms with E-state index in [1.54, 1.807) is 36.4 Å². The summed E-state index contributed by atoms with van der Waals surface area (Å²) in [4.78, 5) is 23.5. The fourth-order valence-electron chi connectivity index (χ4n) is 4.00. The van der Waals surface area contributed by atoms with E-state index in [0.29, 0.717) is 24.5 Å². The van der Waals surface area contributed by atoms with Gasteiger partial charge in [0.25, 0.3) is 0 Å². The first-order valence-corrected chi connectivity index (χ1v) is 11.6. The number of carbonyl (C=O) groups excluding carboxylic acids is 1. The quantitative estimate of drug-likeness (QED) is 0.442. The van der Waals surface area contributed by atoms with Gasteiger partial charge in [0.15, 0.2) is 0 Å². The Kier molecular flexibility index (Phi) is 7.37. The van der Waals surface area contributed by atoms with Crippen molar-refractivity contribution in [2.75, 3.05) is 30.0 Å². The number of aliphatic hydroxyl groups is 2. The van der Waals surface area contributed by atoms with Crippen molar-refractivity contribution in [1.29, 1.82) is 0 Å². The number of ether oxygens (including phenoxy) is 1. The number of urea groups is 1. The van der Waals surface area contributed by atoms with Crippen LogP contribution in [0.3, 0.4) is 0 Å². The molecule has 2 aromatic heterocycles. The van der Waals surface area contributed by atoms with E-state index in [0.717, 1.165) is 17.7 Å². The average Bonchev–Trinajstić information content (AvgIpc) is 2.86. The summed E-state index contributed by atoms with van der Waals surface area (Å²) in [5.41, 5.74) is 0.325. The van der Waals surface area contributed by atoms with Crippen LogP contribution in [0.25, 0.3) is 11.3 Å². The Bertz CT molecular complexity index is 1280. The predicted octanol–water partition coefficient (Wildman–Crippen LogP) is 4.61. The summed E-state index contributed by atoms with van der Waals surface area (Å²) in [6, 6.07) is 12.6. The summed E-state index contributed by atoms with van der Waals surface area (Å²) in [6.07, 6.45) is -4.90. The molecule has 0 fully saturated rings. The number of carbonyl (C=O) groups is 1. The van der Waals surface area contributed by atoms with Crippen LogP contribution in [-0.4, -0.2) is 52.1 Å². The van der Waals surface area contributed by atoms with Gasteiger partial charge in [0.1, 0.15) is 24.3 Å². The van der Waals surface area contributed by atoms with Crippen LogP contribution in [0, 0.1) is 0 Å². The van der Waals surface area contributed by atoms with Crippen molar-refractivity contribution in [2.45, 2.75) is 38.0 Å². The number of aliphatic hydroxyl groups excluding tert-OH is 2. The Morgan fingerprint density at radius 1 is 1.16 bits per heavy atom. The van der Waals surface area contributed by atoms with Crippen LogP contribution in [-0.2, 0) is 11.6 Å². The predicted molar refractivity (Wildman–Crippen MR) is 132 cm³/mol. The van der Waals surface area contributed by atoms with E-state index in [9.17, 15) is 23.1 Å². The van der Waals surface area contributed by atoms with E-state index in [-0.39, 0.29) is 29.3 Å². The van der Waals surface area contributed by atoms with Gasteiger partial charge in [-0.15, -0.1) is 0 Å². The molecule has 1 aliphatic rings. The van der Waals surface area contributed by atoms with E-state index < -0.39 is 30.5 Å². The van der Waals surface area contributed by atoms with Crippen molar-refractivity contribution in [3.05, 3.63) is 65.7 Å². The topological polar surface area (TPSA) is 108 Å². The molecule has 1 atom stereocenters. The Labute approximate surface area is 211 Å². The van der Waals surface area contributed by atoms with Crippen LogP contribution in [0.2, 0.25) is 0 Å². The first-order valence-electron chi connectivity index (χ1n) is 11.6. The lowest BCUT2D eigenvalue weighted by Gasteiger charge is -2.38. The summed E-state index contributed by atoms with van der Waals surface area (Å²) < 4.78 is 45.1. The molecule has 0 saturated heterocycles. The van der Waals surface area contributed by atoms with E-state index in [2.05, 4.69) is 15.3 Å². The van der Waals surface area contributed by atoms with Crippen molar-refractivity contribution in [1.82, 2.24) is 9.97 Å². The van der Waals surface area contributed by atoms with Gasteiger partial charge in [0.2, 0.25) is 5.88 Å². The summed E-state index contributed by atoms with van der Waals surface area (Å²) >= 11 is 0. The fourth-order valence-corrected chi connectivity index (χ4v) is 4.00. The number of nitrogens with one attached hydrogen (secondary N) is 1. The maximum absolute atomic E-state index is 13.3. The molecule has 3 N–H and O–H groups in total. The highest BCUT2D eigenvalue weighted by Crippen LogP contribution is 2.40. The molecule has 3 heterocycles. The molecule has 3 aromatic rings. The van der Waals surface area contributed by atoms with Crippen molar-refractivity contribution in [3.8, 4) is 17.1 Å². The van der Waals surface area contributed by atoms with Gasteiger partial charge in [-0.1, -0.05) is 38.1 Å². The normalized spacial score (nSPS) is 15.6. The number of rotatable bonds is 6. The third-order valence-corrected chi connectivity index (χ3v) is 6.14. The number of alkyl halides is 3. The van der Waals surface area contributed by atoms with Gasteiger partial charge in [-0.25, -0.2) is 9.78 Å². The van der Waals surface area contributed by atoms with E-state index in [4.69, 9.17) is 9.84 Å². The summed E-state index contributed by atoms with van der Waals surface area (Å²) in [7, 11) is 0. The van der Waals surface area contributed by atoms with Gasteiger partial charge in [-0.2, -0.15) is 18.2 Å². The lowest BCUT2D eigenvalue weighted by Crippen LogP contribution is -2.44. The molecule has 37 heavy (non-hydrogen) atoms. The number of hydrogen-bond acceptors (Lipinski definition) is 6. The fraction of sp³-hybridized carbons (Fsp3) is 0.346. The van der Waals surface area contributed by atoms with Gasteiger partial charge in [0.05, 0.1) is 17.9 Å². The Balaban J connectivity index is 1.62. The molecule has 11 heteroatoms. The highest BCUT2D eigenvalue weighted by Gasteiger charge is 2.36. The van der Waals surface area contributed by atoms with Crippen molar-refractivity contribution < 1.29 is 32.9 Å². The number of anilines is 2. The standard InChI is InChI=1S/C26H27F3N4O4/c1-25(2)11-12-33(24(36)32-21-7-4-8-22(31-21)37-15-18(35)14-34)23-19(25)9-10-20(30-23)16-5-3-6-17(13-16)26(27,28)29/h3-10,13,18,34-35H,11-12,14-15H2,1-2H3,(H,31,32,36)/t18-/m0/s1. The van der Waals surface area contributed by atoms with Crippen molar-refractivity contribution >= 4 is 17.7 Å². The number of nitrogens with zero attached hydrogens (tertiary/aromatic N) is 3. The summed E-state index contributed by atoms with van der Waals surface area (Å²) in [5, 5.41) is 21.1. The first-order chi connectivity index (χ1) is 17.5. The molecule has 4 rings (SSSR count). The second kappa shape index (κ2) is 10.3. The number of halogens is 3. The molecule has 0 bridgehead atoms. The molecular formula is C26H27F3N4O4. The van der Waals surface area contributed by atoms with Crippen LogP contribution in [0.5, 0.6) is 5.88 Å². The molecule has 1 aliphatic heterocycles. The maximum atomic E-state index is 13.3. The van der Waals surface area contributed by atoms with E-state index in [1.165, 1.54) is 11.0 Å². The molecule has 196 valence electrons. The van der Waals surface area contributed by atoms with Crippen LogP contribution in [0.15, 0.2) is 54.6 Å². The van der Waals surface area contributed by atoms with Crippen LogP contribution >= 0.6 is 0 Å². The van der Waals surface area contributed by atoms with E-state index >= 15 is 0 Å². The SMILES string of the molecule is CC1(C)CCN(C(=O)Nc2cccc(OC[C@@H](O)CO)n2)c2nc(-c3cccc(C(F)(F)F)c3)ccc21. The third-order valence-electron chi connectivity index (χ3n) is 6.14. The van der Waals surface area contributed by atoms with Crippen LogP contribution in [0.4, 0.5) is 29.6 Å². The maximum Gasteiger partial charge on any atom is 0.416 e. The van der Waals surface area contributed by atoms with Gasteiger partial charge in [-0.3, -0.25) is 10.2 Å². The number of pyridine rings is 2. The van der Waals surface area contributed by atoms with E-state index in [1.807, 2.05) is 13.8 Å². The zero-order valence-electron chi connectivity index (χ0n) is 20.3. The molecule has 0 radical (unpaired) electrons. The highest BCUT2D eigenvalue weighted by atomic mass is 19.4. The smallest absolute Gasteiger partial charge is 0.416 e. The molecule has 8 nitrogen and oxygen atoms in total. The molecular weight excluding hydrogens is 489 g/mol. The largest absolute Gasteiger partial charge is 0.475 e. The Morgan fingerprint density at radius 2 is 1.92 bits per heavy atom. The van der Waals surface area contributed by atoms with Crippen LogP contribution in [0.1, 0.15) is 31.4 Å². The second-order valence-electron chi connectivity index (χ2n) is 9.37. The zero-order valence-corrected chi connectivity index (χ0v) is 20.3. The first kappa shape index (κ1) is 26.4. The molecule has 0 saturated carbocycles. The summed E-state index contributed by atoms with van der Waals surface area (Å²) in [5.74, 6) is 0.707. The number of hydrogen-bond donors (Lipinski definition) is 3. The van der Waals surface area contributed by atoms with Crippen molar-refractivity contribution in [3.63, 3.8) is 0 Å². The summed E-state index contributed by atoms with van der Waals surface area (Å²) in [6.45, 7) is 3.75. The van der Waals surface area contributed by atoms with Crippen LogP contribution < -0.4 is 15.0 Å². The van der Waals surface area contributed by atoms with Gasteiger partial charge in [0, 0.05) is 23.7 Å². The number of amides is 2. The lowest BCUT2D eigenvalue weighted by atomic mass is 9.79. The molecule has 0 unspecified atom stereocenters. The highest BCUT2D eigenvalue weighted by molar-refractivity contribution is 6.01. The molecule has 0 aliphatic carbocycles. The number of benzene rings is 1. The zero-order chi connectivity index (χ0) is 26.8. The van der Waals surface area contributed by atoms with Gasteiger partial charge in [-0.05, 0) is 36.1 Å². The lowest BCUT2D eigenvalue weighted by molar-refractivity contribution is -0.137. The van der Waals surface area contributed by atoms with Crippen molar-refractivity contribution in [2.24, 2.45) is 0 Å². The molecule has 1 aromatic carbocycles. The molecule has 0 spiro atoms. The average molecular weight is 517 g/mol. The Morgan fingerprint density at radius 3 is 2.65 bits per heavy atom. The number of fused-ring (bicyclic) bond motifs is 1. The molecule has 2 amide bonds. The van der Waals surface area contributed by atoms with Gasteiger partial charge < -0.3 is 14.9 Å². The number of aromatic nitrogens is 2.